The van der Waals surface area contributed by atoms with Gasteiger partial charge in [-0.25, -0.2) is 9.78 Å². The largest absolute Gasteiger partial charge is 0.325 e. The van der Waals surface area contributed by atoms with Gasteiger partial charge in [-0.1, -0.05) is 31.5 Å². The molecule has 0 radical (unpaired) electrons. The Labute approximate surface area is 159 Å². The van der Waals surface area contributed by atoms with Crippen LogP contribution in [0.2, 0.25) is 0 Å². The van der Waals surface area contributed by atoms with Crippen LogP contribution in [0.1, 0.15) is 26.2 Å². The number of nitrogens with zero attached hydrogens (tertiary/aromatic N) is 2. The van der Waals surface area contributed by atoms with E-state index in [9.17, 15) is 14.4 Å². The Balaban J connectivity index is 1.58. The molecule has 26 heavy (non-hydrogen) atoms. The van der Waals surface area contributed by atoms with Gasteiger partial charge in [-0.05, 0) is 24.6 Å². The third kappa shape index (κ3) is 4.73. The number of hydrogen-bond donors (Lipinski definition) is 2. The third-order valence-corrected chi connectivity index (χ3v) is 6.08. The second-order valence-electron chi connectivity index (χ2n) is 5.98. The molecule has 0 bridgehead atoms. The van der Waals surface area contributed by atoms with E-state index in [0.717, 1.165) is 20.3 Å². The number of benzene rings is 1. The number of fused-ring (bicyclic) bond motifs is 1. The van der Waals surface area contributed by atoms with Gasteiger partial charge >= 0.3 is 6.03 Å². The van der Waals surface area contributed by atoms with E-state index >= 15 is 0 Å². The van der Waals surface area contributed by atoms with Crippen molar-refractivity contribution in [3.8, 4) is 0 Å². The van der Waals surface area contributed by atoms with E-state index in [1.807, 2.05) is 12.1 Å². The normalized spacial score (nSPS) is 14.1. The van der Waals surface area contributed by atoms with Gasteiger partial charge in [0.05, 0.1) is 10.2 Å². The van der Waals surface area contributed by atoms with Gasteiger partial charge in [0.2, 0.25) is 11.8 Å². The van der Waals surface area contributed by atoms with Crippen molar-refractivity contribution in [1.82, 2.24) is 15.2 Å². The third-order valence-electron chi connectivity index (χ3n) is 3.83. The zero-order chi connectivity index (χ0) is 18.5. The number of amides is 4. The molecule has 1 aliphatic heterocycles. The average molecular weight is 393 g/mol. The second kappa shape index (κ2) is 8.50. The predicted octanol–water partition coefficient (Wildman–Crippen LogP) is 3.07. The summed E-state index contributed by atoms with van der Waals surface area (Å²) < 4.78 is 2.04. The van der Waals surface area contributed by atoms with Crippen molar-refractivity contribution in [2.24, 2.45) is 0 Å². The molecule has 7 nitrogen and oxygen atoms in total. The van der Waals surface area contributed by atoms with Gasteiger partial charge < -0.3 is 10.2 Å². The summed E-state index contributed by atoms with van der Waals surface area (Å²) in [5, 5.41) is 4.91. The first-order valence-electron chi connectivity index (χ1n) is 8.47. The quantitative estimate of drug-likeness (QED) is 0.409. The van der Waals surface area contributed by atoms with Gasteiger partial charge in [-0.3, -0.25) is 14.9 Å². The molecule has 0 spiro atoms. The van der Waals surface area contributed by atoms with Crippen molar-refractivity contribution in [3.05, 3.63) is 18.2 Å². The minimum Gasteiger partial charge on any atom is -0.324 e. The molecule has 1 aromatic carbocycles. The number of carbonyl (C=O) groups excluding carboxylic acids is 3. The van der Waals surface area contributed by atoms with Crippen molar-refractivity contribution in [2.45, 2.75) is 30.5 Å². The monoisotopic (exact) mass is 392 g/mol. The number of urea groups is 1. The van der Waals surface area contributed by atoms with Crippen LogP contribution in [-0.2, 0) is 9.59 Å². The first-order valence-corrected chi connectivity index (χ1v) is 10.3. The highest BCUT2D eigenvalue weighted by Crippen LogP contribution is 2.31. The fourth-order valence-corrected chi connectivity index (χ4v) is 4.72. The van der Waals surface area contributed by atoms with E-state index in [1.54, 1.807) is 29.2 Å². The van der Waals surface area contributed by atoms with E-state index < -0.39 is 11.9 Å². The van der Waals surface area contributed by atoms with Crippen molar-refractivity contribution in [3.63, 3.8) is 0 Å². The highest BCUT2D eigenvalue weighted by atomic mass is 32.2. The molecule has 138 valence electrons. The van der Waals surface area contributed by atoms with Crippen LogP contribution >= 0.6 is 23.1 Å². The maximum absolute atomic E-state index is 12.1. The maximum atomic E-state index is 12.1. The number of unbranched alkanes of at least 4 members (excludes halogenated alkanes) is 2. The first-order chi connectivity index (χ1) is 12.5. The highest BCUT2D eigenvalue weighted by Gasteiger charge is 2.28. The number of thioether (sulfide) groups is 1. The van der Waals surface area contributed by atoms with Crippen molar-refractivity contribution < 1.29 is 14.4 Å². The SMILES string of the molecule is CCCCCSc1nc2ccc(NC(=O)CN3CC(=O)NC3=O)cc2s1. The minimum absolute atomic E-state index is 0.0846. The first kappa shape index (κ1) is 18.7. The molecule has 9 heteroatoms. The number of imide groups is 1. The number of aromatic nitrogens is 1. The Morgan fingerprint density at radius 3 is 2.96 bits per heavy atom. The molecule has 1 aromatic heterocycles. The molecule has 1 aliphatic rings. The molecule has 1 saturated heterocycles. The van der Waals surface area contributed by atoms with Crippen LogP contribution in [0.3, 0.4) is 0 Å². The molecule has 2 N–H and O–H groups in total. The highest BCUT2D eigenvalue weighted by molar-refractivity contribution is 8.01. The molecule has 4 amide bonds. The Morgan fingerprint density at radius 1 is 1.38 bits per heavy atom. The molecule has 0 saturated carbocycles. The Kier molecular flexibility index (Phi) is 6.10. The summed E-state index contributed by atoms with van der Waals surface area (Å²) in [6.07, 6.45) is 3.62. The summed E-state index contributed by atoms with van der Waals surface area (Å²) in [6.45, 7) is 1.95. The Morgan fingerprint density at radius 2 is 2.23 bits per heavy atom. The summed E-state index contributed by atoms with van der Waals surface area (Å²) in [4.78, 5) is 40.5. The van der Waals surface area contributed by atoms with Crippen LogP contribution in [0.4, 0.5) is 10.5 Å². The predicted molar refractivity (Wildman–Crippen MR) is 104 cm³/mol. The molecule has 1 fully saturated rings. The molecular weight excluding hydrogens is 372 g/mol. The summed E-state index contributed by atoms with van der Waals surface area (Å²) in [5.41, 5.74) is 1.56. The maximum Gasteiger partial charge on any atom is 0.325 e. The van der Waals surface area contributed by atoms with Gasteiger partial charge in [0.15, 0.2) is 4.34 Å². The molecule has 2 heterocycles. The molecule has 0 unspecified atom stereocenters. The topological polar surface area (TPSA) is 91.4 Å². The zero-order valence-corrected chi connectivity index (χ0v) is 16.0. The van der Waals surface area contributed by atoms with E-state index in [2.05, 4.69) is 22.5 Å². The number of thiazole rings is 1. The summed E-state index contributed by atoms with van der Waals surface area (Å²) >= 11 is 3.38. The zero-order valence-electron chi connectivity index (χ0n) is 14.4. The van der Waals surface area contributed by atoms with Gasteiger partial charge in [0.1, 0.15) is 13.1 Å². The minimum atomic E-state index is -0.534. The van der Waals surface area contributed by atoms with E-state index in [-0.39, 0.29) is 19.0 Å². The van der Waals surface area contributed by atoms with E-state index in [1.165, 1.54) is 24.2 Å². The molecular formula is C17H20N4O3S2. The van der Waals surface area contributed by atoms with Crippen LogP contribution in [0.5, 0.6) is 0 Å². The second-order valence-corrected chi connectivity index (χ2v) is 8.35. The number of carbonyl (C=O) groups is 3. The molecule has 0 aliphatic carbocycles. The van der Waals surface area contributed by atoms with Crippen LogP contribution in [0.15, 0.2) is 22.5 Å². The van der Waals surface area contributed by atoms with Crippen molar-refractivity contribution >= 4 is 56.8 Å². The lowest BCUT2D eigenvalue weighted by Gasteiger charge is -2.12. The van der Waals surface area contributed by atoms with Crippen LogP contribution in [-0.4, -0.2) is 46.6 Å². The number of rotatable bonds is 8. The molecule has 2 aromatic rings. The van der Waals surface area contributed by atoms with Crippen LogP contribution in [0.25, 0.3) is 10.2 Å². The van der Waals surface area contributed by atoms with E-state index in [0.29, 0.717) is 5.69 Å². The lowest BCUT2D eigenvalue weighted by atomic mass is 10.3. The lowest BCUT2D eigenvalue weighted by Crippen LogP contribution is -2.35. The van der Waals surface area contributed by atoms with Crippen molar-refractivity contribution in [1.29, 1.82) is 0 Å². The average Bonchev–Trinajstić information content (AvgIpc) is 3.13. The van der Waals surface area contributed by atoms with Crippen molar-refractivity contribution in [2.75, 3.05) is 24.2 Å². The Bertz CT molecular complexity index is 837. The smallest absolute Gasteiger partial charge is 0.324 e. The number of hydrogen-bond acceptors (Lipinski definition) is 6. The fourth-order valence-electron chi connectivity index (χ4n) is 2.54. The van der Waals surface area contributed by atoms with E-state index in [4.69, 9.17) is 0 Å². The van der Waals surface area contributed by atoms with Crippen LogP contribution < -0.4 is 10.6 Å². The van der Waals surface area contributed by atoms with Gasteiger partial charge in [0, 0.05) is 11.4 Å². The molecule has 3 rings (SSSR count). The summed E-state index contributed by atoms with van der Waals surface area (Å²) in [5.74, 6) is 0.333. The van der Waals surface area contributed by atoms with Gasteiger partial charge in [0.25, 0.3) is 0 Å². The number of nitrogens with one attached hydrogen (secondary N) is 2. The fraction of sp³-hybridized carbons (Fsp3) is 0.412. The Hall–Kier alpha value is -2.13. The standard InChI is InChI=1S/C17H20N4O3S2/c1-2-3-4-7-25-17-19-12-6-5-11(8-13(12)26-17)18-14(22)9-21-10-15(23)20-16(21)24/h5-6,8H,2-4,7,9-10H2,1H3,(H,18,22)(H,20,23,24). The van der Waals surface area contributed by atoms with Gasteiger partial charge in [-0.15, -0.1) is 11.3 Å². The van der Waals surface area contributed by atoms with Crippen LogP contribution in [0, 0.1) is 0 Å². The summed E-state index contributed by atoms with van der Waals surface area (Å²) in [7, 11) is 0. The van der Waals surface area contributed by atoms with Gasteiger partial charge in [-0.2, -0.15) is 0 Å². The number of anilines is 1. The lowest BCUT2D eigenvalue weighted by molar-refractivity contribution is -0.119. The summed E-state index contributed by atoms with van der Waals surface area (Å²) in [6, 6.07) is 5.02. The molecule has 0 atom stereocenters.